The number of piperidine rings is 1. The molecule has 3 N–H and O–H groups in total. The maximum Gasteiger partial charge on any atom is 0.280 e. The highest BCUT2D eigenvalue weighted by atomic mass is 19.3. The Balaban J connectivity index is 1.55. The zero-order valence-electron chi connectivity index (χ0n) is 18.8. The molecule has 1 fully saturated rings. The van der Waals surface area contributed by atoms with E-state index in [1.165, 1.54) is 15.5 Å². The van der Waals surface area contributed by atoms with Crippen molar-refractivity contribution < 1.29 is 22.0 Å². The fourth-order valence-electron chi connectivity index (χ4n) is 4.44. The third kappa shape index (κ3) is 4.11. The summed E-state index contributed by atoms with van der Waals surface area (Å²) in [7, 11) is 1.61. The minimum absolute atomic E-state index is 0.0389. The topological polar surface area (TPSA) is 102 Å². The van der Waals surface area contributed by atoms with E-state index in [9.17, 15) is 17.6 Å². The van der Waals surface area contributed by atoms with Crippen LogP contribution in [0.5, 0.6) is 0 Å². The molecule has 5 rings (SSSR count). The first-order valence-electron chi connectivity index (χ1n) is 10.8. The first-order chi connectivity index (χ1) is 16.5. The second-order valence-electron chi connectivity index (χ2n) is 8.65. The van der Waals surface area contributed by atoms with Gasteiger partial charge in [0.1, 0.15) is 16.9 Å². The number of nitrogens with zero attached hydrogens (tertiary/aromatic N) is 7. The second kappa shape index (κ2) is 8.29. The summed E-state index contributed by atoms with van der Waals surface area (Å²) in [5.41, 5.74) is 6.80. The Morgan fingerprint density at radius 1 is 1.23 bits per heavy atom. The Bertz CT molecular complexity index is 1410. The van der Waals surface area contributed by atoms with Gasteiger partial charge in [0.15, 0.2) is 17.3 Å². The number of nitrogen functional groups attached to an aromatic ring is 1. The molecule has 0 aliphatic carbocycles. The van der Waals surface area contributed by atoms with Crippen LogP contribution >= 0.6 is 0 Å². The number of likely N-dealkylation sites (tertiary alicyclic amines) is 1. The van der Waals surface area contributed by atoms with Crippen LogP contribution in [0.25, 0.3) is 27.9 Å². The maximum absolute atomic E-state index is 15.1. The van der Waals surface area contributed by atoms with Gasteiger partial charge in [-0.3, -0.25) is 0 Å². The number of rotatable bonds is 5. The Kier molecular flexibility index (Phi) is 5.49. The van der Waals surface area contributed by atoms with Crippen LogP contribution in [-0.4, -0.2) is 72.6 Å². The number of nitrogens with two attached hydrogens (primary N) is 1. The molecule has 0 spiro atoms. The molecule has 0 radical (unpaired) electrons. The van der Waals surface area contributed by atoms with Crippen LogP contribution in [0.4, 0.5) is 33.7 Å². The van der Waals surface area contributed by atoms with Crippen molar-refractivity contribution >= 4 is 28.4 Å². The second-order valence-corrected chi connectivity index (χ2v) is 8.65. The monoisotopic (exact) mass is 495 g/mol. The van der Waals surface area contributed by atoms with Crippen molar-refractivity contribution in [3.05, 3.63) is 30.0 Å². The van der Waals surface area contributed by atoms with E-state index in [4.69, 9.17) is 5.73 Å². The molecular weight excluding hydrogens is 473 g/mol. The number of nitrogens with one attached hydrogen (secondary N) is 1. The first-order valence-corrected chi connectivity index (χ1v) is 10.8. The zero-order valence-corrected chi connectivity index (χ0v) is 18.8. The van der Waals surface area contributed by atoms with Gasteiger partial charge in [-0.25, -0.2) is 36.4 Å². The Morgan fingerprint density at radius 2 is 2.00 bits per heavy atom. The first kappa shape index (κ1) is 23.2. The third-order valence-corrected chi connectivity index (χ3v) is 6.06. The molecular formula is C21H22F5N9. The van der Waals surface area contributed by atoms with Crippen molar-refractivity contribution in [1.82, 2.24) is 34.0 Å². The Morgan fingerprint density at radius 3 is 2.71 bits per heavy atom. The molecule has 1 aliphatic rings. The van der Waals surface area contributed by atoms with Gasteiger partial charge in [-0.2, -0.15) is 4.98 Å². The largest absolute Gasteiger partial charge is 0.382 e. The lowest BCUT2D eigenvalue weighted by Crippen LogP contribution is -2.53. The van der Waals surface area contributed by atoms with Gasteiger partial charge in [-0.05, 0) is 32.5 Å². The van der Waals surface area contributed by atoms with Gasteiger partial charge >= 0.3 is 0 Å². The average Bonchev–Trinajstić information content (AvgIpc) is 3.25. The van der Waals surface area contributed by atoms with E-state index < -0.39 is 37.3 Å². The summed E-state index contributed by atoms with van der Waals surface area (Å²) in [4.78, 5) is 14.2. The van der Waals surface area contributed by atoms with Crippen LogP contribution < -0.4 is 11.1 Å². The van der Waals surface area contributed by atoms with Crippen LogP contribution in [-0.2, 0) is 6.54 Å². The number of hydrogen-bond donors (Lipinski definition) is 2. The number of alkyl halides is 4. The molecule has 0 saturated carbocycles. The minimum atomic E-state index is -3.02. The number of anilines is 2. The molecule has 14 heteroatoms. The molecule has 4 aromatic rings. The predicted octanol–water partition coefficient (Wildman–Crippen LogP) is 3.19. The zero-order chi connectivity index (χ0) is 25.1. The molecule has 186 valence electrons. The number of hydrogen-bond acceptors (Lipinski definition) is 7. The van der Waals surface area contributed by atoms with Gasteiger partial charge in [0.2, 0.25) is 5.95 Å². The Hall–Kier alpha value is -3.55. The summed E-state index contributed by atoms with van der Waals surface area (Å²) < 4.78 is 72.4. The quantitative estimate of drug-likeness (QED) is 0.410. The summed E-state index contributed by atoms with van der Waals surface area (Å²) in [5, 5.41) is 6.75. The maximum atomic E-state index is 15.1. The average molecular weight is 495 g/mol. The molecule has 9 nitrogen and oxygen atoms in total. The number of imidazole rings is 1. The van der Waals surface area contributed by atoms with Crippen molar-refractivity contribution in [3.63, 3.8) is 0 Å². The lowest BCUT2D eigenvalue weighted by atomic mass is 10.0. The van der Waals surface area contributed by atoms with Crippen molar-refractivity contribution in [2.45, 2.75) is 38.3 Å². The highest BCUT2D eigenvalue weighted by Crippen LogP contribution is 2.33. The number of pyridine rings is 1. The smallest absolute Gasteiger partial charge is 0.280 e. The lowest BCUT2D eigenvalue weighted by Gasteiger charge is -2.36. The summed E-state index contributed by atoms with van der Waals surface area (Å²) >= 11 is 0. The van der Waals surface area contributed by atoms with Crippen molar-refractivity contribution in [2.24, 2.45) is 0 Å². The Labute approximate surface area is 195 Å². The normalized spacial score (nSPS) is 18.7. The molecule has 5 heterocycles. The SMILES string of the molecule is Cc1nc2ccc(-c3c(F)cn4nc(N[C@@H]5CCN(C)CC5(F)F)nc(N)c34)nc2n1CC(F)F. The fourth-order valence-corrected chi connectivity index (χ4v) is 4.44. The van der Waals surface area contributed by atoms with Crippen LogP contribution in [0.15, 0.2) is 18.3 Å². The van der Waals surface area contributed by atoms with E-state index in [2.05, 4.69) is 25.4 Å². The van der Waals surface area contributed by atoms with Crippen molar-refractivity contribution in [2.75, 3.05) is 31.2 Å². The standard InChI is InChI=1S/C21H22F5N9/c1-10-28-13-4-3-12(29-19(13)34(10)8-15(23)24)16-11(22)7-35-17(16)18(27)31-20(32-35)30-14-5-6-33(2)9-21(14,25)26/h3-4,7,14-15H,5-6,8-9H2,1-2H3,(H3,27,30,31,32)/t14-/m1/s1. The lowest BCUT2D eigenvalue weighted by molar-refractivity contribution is -0.0675. The molecule has 0 unspecified atom stereocenters. The van der Waals surface area contributed by atoms with E-state index in [1.807, 2.05) is 0 Å². The molecule has 0 amide bonds. The van der Waals surface area contributed by atoms with Crippen molar-refractivity contribution in [1.29, 1.82) is 0 Å². The van der Waals surface area contributed by atoms with Gasteiger partial charge < -0.3 is 20.5 Å². The predicted molar refractivity (Wildman–Crippen MR) is 119 cm³/mol. The van der Waals surface area contributed by atoms with E-state index in [0.29, 0.717) is 17.9 Å². The van der Waals surface area contributed by atoms with Crippen molar-refractivity contribution in [3.8, 4) is 11.3 Å². The van der Waals surface area contributed by atoms with E-state index in [-0.39, 0.29) is 40.6 Å². The fraction of sp³-hybridized carbons (Fsp3) is 0.429. The number of aromatic nitrogens is 6. The third-order valence-electron chi connectivity index (χ3n) is 6.06. The molecule has 1 saturated heterocycles. The summed E-state index contributed by atoms with van der Waals surface area (Å²) in [6, 6.07) is 1.83. The molecule has 35 heavy (non-hydrogen) atoms. The highest BCUT2D eigenvalue weighted by molar-refractivity contribution is 5.89. The summed E-state index contributed by atoms with van der Waals surface area (Å²) in [6.07, 6.45) is -1.43. The molecule has 1 atom stereocenters. The van der Waals surface area contributed by atoms with Crippen LogP contribution in [0.2, 0.25) is 0 Å². The minimum Gasteiger partial charge on any atom is -0.382 e. The highest BCUT2D eigenvalue weighted by Gasteiger charge is 2.44. The van der Waals surface area contributed by atoms with Gasteiger partial charge in [-0.15, -0.1) is 5.10 Å². The molecule has 0 aromatic carbocycles. The molecule has 1 aliphatic heterocycles. The van der Waals surface area contributed by atoms with Crippen LogP contribution in [0, 0.1) is 12.7 Å². The van der Waals surface area contributed by atoms with Crippen LogP contribution in [0.1, 0.15) is 12.2 Å². The molecule has 4 aromatic heterocycles. The number of fused-ring (bicyclic) bond motifs is 2. The van der Waals surface area contributed by atoms with Crippen LogP contribution in [0.3, 0.4) is 0 Å². The summed E-state index contributed by atoms with van der Waals surface area (Å²) in [6.45, 7) is 1.01. The van der Waals surface area contributed by atoms with Gasteiger partial charge in [-0.1, -0.05) is 0 Å². The van der Waals surface area contributed by atoms with E-state index >= 15 is 4.39 Å². The van der Waals surface area contributed by atoms with E-state index in [1.54, 1.807) is 20.0 Å². The molecule has 0 bridgehead atoms. The number of halogens is 5. The number of aryl methyl sites for hydroxylation is 1. The summed E-state index contributed by atoms with van der Waals surface area (Å²) in [5.74, 6) is -3.74. The van der Waals surface area contributed by atoms with Gasteiger partial charge in [0.05, 0.1) is 36.6 Å². The van der Waals surface area contributed by atoms with Gasteiger partial charge in [0, 0.05) is 6.54 Å². The van der Waals surface area contributed by atoms with Gasteiger partial charge in [0.25, 0.3) is 12.3 Å². The van der Waals surface area contributed by atoms with E-state index in [0.717, 1.165) is 10.7 Å².